The Morgan fingerprint density at radius 2 is 2.39 bits per heavy atom. The van der Waals surface area contributed by atoms with Crippen LogP contribution in [-0.4, -0.2) is 48.0 Å². The third-order valence-electron chi connectivity index (χ3n) is 3.10. The molecule has 0 saturated carbocycles. The number of hydrogen-bond donors (Lipinski definition) is 0. The van der Waals surface area contributed by atoms with Crippen LogP contribution in [0.15, 0.2) is 0 Å². The van der Waals surface area contributed by atoms with E-state index in [0.29, 0.717) is 6.42 Å². The molecule has 2 rings (SSSR count). The maximum Gasteiger partial charge on any atom is 0.417 e. The predicted octanol–water partition coefficient (Wildman–Crippen LogP) is 0.507. The van der Waals surface area contributed by atoms with Crippen molar-refractivity contribution in [1.82, 2.24) is 4.90 Å². The second-order valence-corrected chi connectivity index (χ2v) is 4.33. The molecule has 2 fully saturated rings. The second-order valence-electron chi connectivity index (χ2n) is 4.33. The van der Waals surface area contributed by atoms with Crippen LogP contribution in [-0.2, 0) is 19.0 Å². The lowest BCUT2D eigenvalue weighted by Gasteiger charge is -2.35. The molecule has 2 saturated heterocycles. The molecule has 0 aromatic rings. The highest BCUT2D eigenvalue weighted by Crippen LogP contribution is 2.32. The third kappa shape index (κ3) is 2.19. The van der Waals surface area contributed by atoms with Crippen molar-refractivity contribution in [3.05, 3.63) is 0 Å². The first kappa shape index (κ1) is 12.9. The maximum atomic E-state index is 11.6. The number of carbonyl (C=O) groups excluding carboxylic acids is 2. The summed E-state index contributed by atoms with van der Waals surface area (Å²) < 4.78 is 16.0. The minimum Gasteiger partial charge on any atom is -0.441 e. The first-order valence-corrected chi connectivity index (χ1v) is 5.75. The van der Waals surface area contributed by atoms with Gasteiger partial charge in [-0.3, -0.25) is 4.79 Å². The monoisotopic (exact) mass is 253 g/mol. The molecule has 6 heteroatoms. The van der Waals surface area contributed by atoms with E-state index in [4.69, 9.17) is 20.6 Å². The molecule has 0 bridgehead atoms. The van der Waals surface area contributed by atoms with Gasteiger partial charge in [-0.15, -0.1) is 6.42 Å². The molecule has 2 heterocycles. The molecule has 0 aromatic carbocycles. The van der Waals surface area contributed by atoms with Crippen LogP contribution >= 0.6 is 0 Å². The van der Waals surface area contributed by atoms with Crippen LogP contribution in [0.25, 0.3) is 0 Å². The van der Waals surface area contributed by atoms with Gasteiger partial charge in [0, 0.05) is 13.3 Å². The highest BCUT2D eigenvalue weighted by molar-refractivity contribution is 5.92. The van der Waals surface area contributed by atoms with Crippen molar-refractivity contribution in [3.63, 3.8) is 0 Å². The van der Waals surface area contributed by atoms with Gasteiger partial charge in [0.05, 0.1) is 12.1 Å². The molecule has 0 spiro atoms. The van der Waals surface area contributed by atoms with Gasteiger partial charge in [-0.1, -0.05) is 5.92 Å². The first-order chi connectivity index (χ1) is 8.54. The zero-order chi connectivity index (χ0) is 13.3. The van der Waals surface area contributed by atoms with Crippen molar-refractivity contribution in [1.29, 1.82) is 0 Å². The van der Waals surface area contributed by atoms with Crippen LogP contribution in [0.3, 0.4) is 0 Å². The van der Waals surface area contributed by atoms with Gasteiger partial charge < -0.3 is 14.2 Å². The zero-order valence-electron chi connectivity index (χ0n) is 10.3. The number of hydrogen-bond acceptors (Lipinski definition) is 5. The van der Waals surface area contributed by atoms with Crippen LogP contribution in [0.5, 0.6) is 0 Å². The van der Waals surface area contributed by atoms with E-state index in [0.717, 1.165) is 4.90 Å². The fourth-order valence-corrected chi connectivity index (χ4v) is 2.36. The summed E-state index contributed by atoms with van der Waals surface area (Å²) in [6.07, 6.45) is 3.58. The number of nitrogens with zero attached hydrogens (tertiary/aromatic N) is 1. The molecule has 98 valence electrons. The topological polar surface area (TPSA) is 65.1 Å². The van der Waals surface area contributed by atoms with Crippen LogP contribution in [0, 0.1) is 12.3 Å². The van der Waals surface area contributed by atoms with Crippen molar-refractivity contribution in [2.24, 2.45) is 0 Å². The normalized spacial score (nSPS) is 34.7. The molecular weight excluding hydrogens is 238 g/mol. The Balaban J connectivity index is 2.11. The molecule has 4 atom stereocenters. The highest BCUT2D eigenvalue weighted by Gasteiger charge is 2.51. The maximum absolute atomic E-state index is 11.6. The van der Waals surface area contributed by atoms with Crippen molar-refractivity contribution in [3.8, 4) is 12.3 Å². The van der Waals surface area contributed by atoms with E-state index in [1.54, 1.807) is 6.92 Å². The van der Waals surface area contributed by atoms with E-state index in [1.165, 1.54) is 6.92 Å². The van der Waals surface area contributed by atoms with Gasteiger partial charge in [-0.2, -0.15) is 0 Å². The Bertz CT molecular complexity index is 402. The summed E-state index contributed by atoms with van der Waals surface area (Å²) in [7, 11) is 0. The summed E-state index contributed by atoms with van der Waals surface area (Å²) in [6.45, 7) is 3.24. The summed E-state index contributed by atoms with van der Waals surface area (Å²) in [4.78, 5) is 24.2. The van der Waals surface area contributed by atoms with E-state index in [9.17, 15) is 9.59 Å². The summed E-state index contributed by atoms with van der Waals surface area (Å²) in [5.74, 6) is 2.02. The number of imide groups is 1. The van der Waals surface area contributed by atoms with Gasteiger partial charge in [0.1, 0.15) is 6.61 Å². The minimum atomic E-state index is -0.620. The Labute approximate surface area is 105 Å². The summed E-state index contributed by atoms with van der Waals surface area (Å²) in [5.41, 5.74) is 0. The van der Waals surface area contributed by atoms with E-state index in [-0.39, 0.29) is 24.7 Å². The van der Waals surface area contributed by atoms with Gasteiger partial charge in [0.2, 0.25) is 5.91 Å². The van der Waals surface area contributed by atoms with E-state index >= 15 is 0 Å². The lowest BCUT2D eigenvalue weighted by molar-refractivity contribution is -0.214. The molecule has 2 amide bonds. The molecule has 2 aliphatic rings. The number of rotatable bonds is 2. The molecule has 0 radical (unpaired) electrons. The largest absolute Gasteiger partial charge is 0.441 e. The molecule has 2 aliphatic heterocycles. The molecule has 18 heavy (non-hydrogen) atoms. The minimum absolute atomic E-state index is 0.129. The highest BCUT2D eigenvalue weighted by atomic mass is 16.7. The number of ether oxygens (including phenoxy) is 3. The van der Waals surface area contributed by atoms with Gasteiger partial charge in [-0.05, 0) is 6.92 Å². The fraction of sp³-hybridized carbons (Fsp3) is 0.667. The molecule has 0 N–H and O–H groups in total. The average Bonchev–Trinajstić information content (AvgIpc) is 2.63. The van der Waals surface area contributed by atoms with Gasteiger partial charge in [0.15, 0.2) is 12.4 Å². The number of carbonyl (C=O) groups is 2. The van der Waals surface area contributed by atoms with Crippen molar-refractivity contribution < 1.29 is 23.8 Å². The van der Waals surface area contributed by atoms with E-state index in [2.05, 4.69) is 5.92 Å². The Kier molecular flexibility index (Phi) is 3.55. The molecule has 0 aromatic heterocycles. The lowest BCUT2D eigenvalue weighted by Crippen LogP contribution is -2.51. The van der Waals surface area contributed by atoms with Crippen LogP contribution < -0.4 is 0 Å². The Hall–Kier alpha value is -1.58. The Morgan fingerprint density at radius 3 is 3.00 bits per heavy atom. The van der Waals surface area contributed by atoms with Gasteiger partial charge >= 0.3 is 6.09 Å². The SMILES string of the molecule is C#CCO[C@@H]1C[C@H]2[C@H](OC(=O)N2C(C)=O)[C@H](C)O1. The summed E-state index contributed by atoms with van der Waals surface area (Å²) in [5, 5.41) is 0. The third-order valence-corrected chi connectivity index (χ3v) is 3.10. The average molecular weight is 253 g/mol. The standard InChI is InChI=1S/C12H15NO5/c1-4-5-16-10-6-9-11(7(2)17-10)18-12(15)13(9)8(3)14/h1,7,9-11H,5-6H2,2-3H3/t7-,9-,10-,11+/m0/s1. The van der Waals surface area contributed by atoms with E-state index in [1.807, 2.05) is 0 Å². The van der Waals surface area contributed by atoms with Gasteiger partial charge in [0.25, 0.3) is 0 Å². The van der Waals surface area contributed by atoms with Crippen molar-refractivity contribution >= 4 is 12.0 Å². The second kappa shape index (κ2) is 4.96. The molecular formula is C12H15NO5. The van der Waals surface area contributed by atoms with Crippen LogP contribution in [0.2, 0.25) is 0 Å². The molecule has 6 nitrogen and oxygen atoms in total. The van der Waals surface area contributed by atoms with Gasteiger partial charge in [-0.25, -0.2) is 9.69 Å². The quantitative estimate of drug-likeness (QED) is 0.671. The number of amides is 2. The van der Waals surface area contributed by atoms with Crippen LogP contribution in [0.1, 0.15) is 20.3 Å². The van der Waals surface area contributed by atoms with Crippen molar-refractivity contribution in [2.75, 3.05) is 6.61 Å². The Morgan fingerprint density at radius 1 is 1.67 bits per heavy atom. The zero-order valence-corrected chi connectivity index (χ0v) is 10.3. The van der Waals surface area contributed by atoms with E-state index < -0.39 is 18.5 Å². The smallest absolute Gasteiger partial charge is 0.417 e. The fourth-order valence-electron chi connectivity index (χ4n) is 2.36. The van der Waals surface area contributed by atoms with Crippen molar-refractivity contribution in [2.45, 2.75) is 44.8 Å². The number of terminal acetylenes is 1. The lowest BCUT2D eigenvalue weighted by atomic mass is 9.99. The first-order valence-electron chi connectivity index (χ1n) is 5.75. The molecule has 0 aliphatic carbocycles. The number of fused-ring (bicyclic) bond motifs is 1. The molecule has 0 unspecified atom stereocenters. The van der Waals surface area contributed by atoms with Crippen LogP contribution in [0.4, 0.5) is 4.79 Å². The summed E-state index contributed by atoms with van der Waals surface area (Å²) >= 11 is 0. The predicted molar refractivity (Wildman–Crippen MR) is 60.3 cm³/mol. The summed E-state index contributed by atoms with van der Waals surface area (Å²) in [6, 6.07) is -0.346.